The normalized spacial score (nSPS) is 15.1. The molecule has 1 aromatic carbocycles. The first kappa shape index (κ1) is 18.0. The lowest BCUT2D eigenvalue weighted by Gasteiger charge is -2.24. The van der Waals surface area contributed by atoms with E-state index in [1.54, 1.807) is 0 Å². The number of morpholine rings is 1. The van der Waals surface area contributed by atoms with Gasteiger partial charge in [0.1, 0.15) is 13.1 Å². The van der Waals surface area contributed by atoms with Crippen LogP contribution in [0.15, 0.2) is 29.2 Å². The van der Waals surface area contributed by atoms with Crippen molar-refractivity contribution in [2.75, 3.05) is 50.5 Å². The van der Waals surface area contributed by atoms with Crippen LogP contribution in [-0.2, 0) is 9.53 Å². The summed E-state index contributed by atoms with van der Waals surface area (Å²) in [5.74, 6) is -0.0850. The Kier molecular flexibility index (Phi) is 7.60. The fourth-order valence-corrected chi connectivity index (χ4v) is 3.23. The Morgan fingerprint density at radius 3 is 2.83 bits per heavy atom. The summed E-state index contributed by atoms with van der Waals surface area (Å²) >= 11 is 6.74. The molecule has 126 valence electrons. The van der Waals surface area contributed by atoms with Crippen molar-refractivity contribution in [3.63, 3.8) is 0 Å². The number of hydrogen-bond donors (Lipinski definition) is 4. The van der Waals surface area contributed by atoms with Crippen LogP contribution in [0, 0.1) is 0 Å². The van der Waals surface area contributed by atoms with Crippen molar-refractivity contribution in [1.29, 1.82) is 0 Å². The molecule has 1 aromatic rings. The van der Waals surface area contributed by atoms with Gasteiger partial charge < -0.3 is 26.0 Å². The molecular formula is C15H23N4O2S2+. The van der Waals surface area contributed by atoms with E-state index in [0.717, 1.165) is 50.0 Å². The lowest BCUT2D eigenvalue weighted by atomic mass is 10.3. The van der Waals surface area contributed by atoms with Gasteiger partial charge in [0.05, 0.1) is 37.7 Å². The van der Waals surface area contributed by atoms with Gasteiger partial charge in [0, 0.05) is 4.90 Å². The third kappa shape index (κ3) is 6.74. The Labute approximate surface area is 146 Å². The number of carbonyl (C=O) groups excluding carboxylic acids is 1. The minimum Gasteiger partial charge on any atom is -0.370 e. The molecule has 0 atom stereocenters. The number of anilines is 1. The molecule has 23 heavy (non-hydrogen) atoms. The summed E-state index contributed by atoms with van der Waals surface area (Å²) in [5.41, 5.74) is 6.08. The van der Waals surface area contributed by atoms with Crippen LogP contribution in [0.3, 0.4) is 0 Å². The molecule has 1 fully saturated rings. The van der Waals surface area contributed by atoms with Crippen molar-refractivity contribution in [2.24, 2.45) is 5.73 Å². The van der Waals surface area contributed by atoms with Crippen LogP contribution in [0.5, 0.6) is 0 Å². The second-order valence-electron chi connectivity index (χ2n) is 5.24. The number of hydrogen-bond acceptors (Lipinski definition) is 4. The highest BCUT2D eigenvalue weighted by Crippen LogP contribution is 2.26. The van der Waals surface area contributed by atoms with Crippen LogP contribution in [0.1, 0.15) is 0 Å². The number of quaternary nitrogens is 1. The van der Waals surface area contributed by atoms with Crippen molar-refractivity contribution in [3.05, 3.63) is 24.3 Å². The van der Waals surface area contributed by atoms with Gasteiger partial charge in [-0.3, -0.25) is 4.79 Å². The summed E-state index contributed by atoms with van der Waals surface area (Å²) < 4.78 is 5.34. The molecule has 5 N–H and O–H groups in total. The minimum atomic E-state index is -0.334. The third-order valence-corrected chi connectivity index (χ3v) is 4.81. The standard InChI is InChI=1S/C15H22N4O2S2/c16-14(20)11-23-13-4-2-1-3-12(13)18-15(22)17-5-6-19-7-9-21-10-8-19/h1-4H,5-11H2,(H2,16,20)(H2,17,18,22)/p+1. The third-order valence-electron chi connectivity index (χ3n) is 3.47. The predicted octanol–water partition coefficient (Wildman–Crippen LogP) is -0.534. The molecule has 1 heterocycles. The van der Waals surface area contributed by atoms with Gasteiger partial charge in [0.15, 0.2) is 5.11 Å². The summed E-state index contributed by atoms with van der Waals surface area (Å²) in [4.78, 5) is 13.4. The molecule has 1 aliphatic rings. The molecule has 6 nitrogen and oxygen atoms in total. The molecule has 1 aliphatic heterocycles. The van der Waals surface area contributed by atoms with Gasteiger partial charge in [-0.1, -0.05) is 12.1 Å². The Morgan fingerprint density at radius 1 is 1.35 bits per heavy atom. The van der Waals surface area contributed by atoms with E-state index in [1.807, 2.05) is 24.3 Å². The van der Waals surface area contributed by atoms with Gasteiger partial charge in [0.2, 0.25) is 5.91 Å². The summed E-state index contributed by atoms with van der Waals surface area (Å²) in [6.45, 7) is 5.61. The van der Waals surface area contributed by atoms with Crippen LogP contribution in [0.2, 0.25) is 0 Å². The SMILES string of the molecule is NC(=O)CSc1ccccc1NC(=S)NCC[NH+]1CCOCC1. The molecule has 0 radical (unpaired) electrons. The van der Waals surface area contributed by atoms with E-state index in [0.29, 0.717) is 5.11 Å². The van der Waals surface area contributed by atoms with Gasteiger partial charge in [-0.2, -0.15) is 0 Å². The predicted molar refractivity (Wildman–Crippen MR) is 97.0 cm³/mol. The van der Waals surface area contributed by atoms with Gasteiger partial charge in [-0.05, 0) is 24.4 Å². The molecular weight excluding hydrogens is 332 g/mol. The molecule has 8 heteroatoms. The topological polar surface area (TPSA) is 80.8 Å². The van der Waals surface area contributed by atoms with E-state index < -0.39 is 0 Å². The molecule has 0 spiro atoms. The number of nitrogens with one attached hydrogen (secondary N) is 3. The van der Waals surface area contributed by atoms with Crippen LogP contribution in [-0.4, -0.2) is 56.2 Å². The number of benzene rings is 1. The zero-order chi connectivity index (χ0) is 16.5. The van der Waals surface area contributed by atoms with Crippen LogP contribution in [0.4, 0.5) is 5.69 Å². The smallest absolute Gasteiger partial charge is 0.227 e. The first-order valence-electron chi connectivity index (χ1n) is 7.61. The molecule has 2 rings (SSSR count). The number of carbonyl (C=O) groups is 1. The van der Waals surface area contributed by atoms with Crippen LogP contribution >= 0.6 is 24.0 Å². The maximum absolute atomic E-state index is 10.9. The first-order valence-corrected chi connectivity index (χ1v) is 9.01. The molecule has 0 aliphatic carbocycles. The Morgan fingerprint density at radius 2 is 2.09 bits per heavy atom. The molecule has 0 aromatic heterocycles. The lowest BCUT2D eigenvalue weighted by Crippen LogP contribution is -3.14. The Balaban J connectivity index is 1.76. The molecule has 0 saturated carbocycles. The van der Waals surface area contributed by atoms with Gasteiger partial charge in [-0.25, -0.2) is 0 Å². The summed E-state index contributed by atoms with van der Waals surface area (Å²) in [7, 11) is 0. The minimum absolute atomic E-state index is 0.249. The van der Waals surface area contributed by atoms with Crippen LogP contribution in [0.25, 0.3) is 0 Å². The maximum atomic E-state index is 10.9. The van der Waals surface area contributed by atoms with Crippen molar-refractivity contribution >= 4 is 40.7 Å². The number of rotatable bonds is 7. The molecule has 1 amide bonds. The summed E-state index contributed by atoms with van der Waals surface area (Å²) in [5, 5.41) is 7.00. The number of ether oxygens (including phenoxy) is 1. The van der Waals surface area contributed by atoms with Crippen molar-refractivity contribution < 1.29 is 14.4 Å². The van der Waals surface area contributed by atoms with E-state index in [-0.39, 0.29) is 11.7 Å². The van der Waals surface area contributed by atoms with Gasteiger partial charge >= 0.3 is 0 Å². The fraction of sp³-hybridized carbons (Fsp3) is 0.467. The molecule has 1 saturated heterocycles. The van der Waals surface area contributed by atoms with E-state index >= 15 is 0 Å². The van der Waals surface area contributed by atoms with Gasteiger partial charge in [0.25, 0.3) is 0 Å². The largest absolute Gasteiger partial charge is 0.370 e. The van der Waals surface area contributed by atoms with Crippen molar-refractivity contribution in [2.45, 2.75) is 4.90 Å². The van der Waals surface area contributed by atoms with E-state index in [1.165, 1.54) is 16.7 Å². The zero-order valence-electron chi connectivity index (χ0n) is 13.0. The van der Waals surface area contributed by atoms with Crippen molar-refractivity contribution in [1.82, 2.24) is 5.32 Å². The zero-order valence-corrected chi connectivity index (χ0v) is 14.6. The van der Waals surface area contributed by atoms with Crippen LogP contribution < -0.4 is 21.3 Å². The van der Waals surface area contributed by atoms with E-state index in [9.17, 15) is 4.79 Å². The van der Waals surface area contributed by atoms with E-state index in [4.69, 9.17) is 22.7 Å². The van der Waals surface area contributed by atoms with Crippen molar-refractivity contribution in [3.8, 4) is 0 Å². The number of amides is 1. The number of primary amides is 1. The number of thiocarbonyl (C=S) groups is 1. The first-order chi connectivity index (χ1) is 11.1. The highest BCUT2D eigenvalue weighted by molar-refractivity contribution is 8.00. The lowest BCUT2D eigenvalue weighted by molar-refractivity contribution is -0.906. The fourth-order valence-electron chi connectivity index (χ4n) is 2.27. The second kappa shape index (κ2) is 9.71. The quantitative estimate of drug-likeness (QED) is 0.389. The summed E-state index contributed by atoms with van der Waals surface area (Å²) in [6.07, 6.45) is 0. The highest BCUT2D eigenvalue weighted by atomic mass is 32.2. The Hall–Kier alpha value is -1.35. The summed E-state index contributed by atoms with van der Waals surface area (Å²) in [6, 6.07) is 7.73. The maximum Gasteiger partial charge on any atom is 0.227 e. The monoisotopic (exact) mass is 355 g/mol. The van der Waals surface area contributed by atoms with Gasteiger partial charge in [-0.15, -0.1) is 11.8 Å². The average Bonchev–Trinajstić information content (AvgIpc) is 2.55. The average molecular weight is 356 g/mol. The number of nitrogens with two attached hydrogens (primary N) is 1. The second-order valence-corrected chi connectivity index (χ2v) is 6.67. The van der Waals surface area contributed by atoms with E-state index in [2.05, 4.69) is 10.6 Å². The Bertz CT molecular complexity index is 536. The number of thioether (sulfide) groups is 1. The molecule has 0 bridgehead atoms. The highest BCUT2D eigenvalue weighted by Gasteiger charge is 2.13. The molecule has 0 unspecified atom stereocenters. The number of para-hydroxylation sites is 1.